The van der Waals surface area contributed by atoms with Gasteiger partial charge in [-0.15, -0.1) is 11.3 Å². The normalized spacial score (nSPS) is 11.2. The standard InChI is InChI=1S/C21H18F2N4OS2/c1-3-13-6-4-5-7-19(13)27(12(2)28)21-24-14(11-30-21)10-29-20-25-17-8-15(22)16(23)9-18(17)26-20/h4-9,11H,3,10H2,1-2H3,(H,25,26). The number of carbonyl (C=O) groups excluding carboxylic acids is 1. The van der Waals surface area contributed by atoms with Crippen molar-refractivity contribution in [2.45, 2.75) is 31.2 Å². The molecule has 0 saturated carbocycles. The summed E-state index contributed by atoms with van der Waals surface area (Å²) in [4.78, 5) is 25.9. The molecule has 4 aromatic rings. The number of imidazole rings is 1. The van der Waals surface area contributed by atoms with Crippen molar-refractivity contribution < 1.29 is 13.6 Å². The van der Waals surface area contributed by atoms with E-state index in [1.807, 2.05) is 36.6 Å². The van der Waals surface area contributed by atoms with E-state index in [1.165, 1.54) is 30.0 Å². The number of halogens is 2. The predicted octanol–water partition coefficient (Wildman–Crippen LogP) is 5.84. The Morgan fingerprint density at radius 1 is 1.20 bits per heavy atom. The number of nitrogens with zero attached hydrogens (tertiary/aromatic N) is 3. The summed E-state index contributed by atoms with van der Waals surface area (Å²) in [5.41, 5.74) is 3.50. The second-order valence-corrected chi connectivity index (χ2v) is 8.37. The fourth-order valence-electron chi connectivity index (χ4n) is 3.09. The van der Waals surface area contributed by atoms with E-state index in [2.05, 4.69) is 15.0 Å². The van der Waals surface area contributed by atoms with Crippen LogP contribution in [0.5, 0.6) is 0 Å². The Labute approximate surface area is 180 Å². The second kappa shape index (κ2) is 8.53. The Morgan fingerprint density at radius 2 is 1.97 bits per heavy atom. The number of para-hydroxylation sites is 1. The average Bonchev–Trinajstić information content (AvgIpc) is 3.34. The third-order valence-corrected chi connectivity index (χ3v) is 6.30. The van der Waals surface area contributed by atoms with Gasteiger partial charge in [0.1, 0.15) is 0 Å². The minimum Gasteiger partial charge on any atom is -0.333 e. The van der Waals surface area contributed by atoms with Crippen molar-refractivity contribution >= 4 is 50.9 Å². The van der Waals surface area contributed by atoms with Crippen molar-refractivity contribution in [3.63, 3.8) is 0 Å². The van der Waals surface area contributed by atoms with E-state index >= 15 is 0 Å². The SMILES string of the molecule is CCc1ccccc1N(C(C)=O)c1nc(CSc2nc3cc(F)c(F)cc3[nH]2)cs1. The number of aryl methyl sites for hydroxylation is 1. The first-order valence-corrected chi connectivity index (χ1v) is 11.1. The summed E-state index contributed by atoms with van der Waals surface area (Å²) in [7, 11) is 0. The number of carbonyl (C=O) groups is 1. The molecule has 0 aliphatic carbocycles. The fraction of sp³-hybridized carbons (Fsp3) is 0.190. The van der Waals surface area contributed by atoms with Crippen LogP contribution >= 0.6 is 23.1 Å². The third-order valence-electron chi connectivity index (χ3n) is 4.52. The van der Waals surface area contributed by atoms with E-state index < -0.39 is 11.6 Å². The summed E-state index contributed by atoms with van der Waals surface area (Å²) >= 11 is 2.77. The number of thiazole rings is 1. The molecule has 4 rings (SSSR count). The number of hydrogen-bond acceptors (Lipinski definition) is 5. The van der Waals surface area contributed by atoms with Crippen molar-refractivity contribution in [1.29, 1.82) is 0 Å². The summed E-state index contributed by atoms with van der Waals surface area (Å²) in [5, 5.41) is 3.05. The predicted molar refractivity (Wildman–Crippen MR) is 116 cm³/mol. The molecule has 5 nitrogen and oxygen atoms in total. The number of benzene rings is 2. The van der Waals surface area contributed by atoms with Crippen LogP contribution < -0.4 is 4.90 Å². The number of nitrogens with one attached hydrogen (secondary N) is 1. The Hall–Kier alpha value is -2.78. The molecule has 2 aromatic heterocycles. The second-order valence-electron chi connectivity index (χ2n) is 6.57. The first kappa shape index (κ1) is 20.5. The number of rotatable bonds is 6. The number of fused-ring (bicyclic) bond motifs is 1. The highest BCUT2D eigenvalue weighted by atomic mass is 32.2. The molecule has 0 atom stereocenters. The Bertz CT molecular complexity index is 1180. The molecule has 154 valence electrons. The van der Waals surface area contributed by atoms with Gasteiger partial charge in [0.05, 0.1) is 22.4 Å². The van der Waals surface area contributed by atoms with Crippen LogP contribution in [0.3, 0.4) is 0 Å². The van der Waals surface area contributed by atoms with E-state index in [9.17, 15) is 13.6 Å². The summed E-state index contributed by atoms with van der Waals surface area (Å²) in [6.07, 6.45) is 0.807. The lowest BCUT2D eigenvalue weighted by Crippen LogP contribution is -2.23. The first-order chi connectivity index (χ1) is 14.5. The number of H-pyrrole nitrogens is 1. The highest BCUT2D eigenvalue weighted by Gasteiger charge is 2.20. The van der Waals surface area contributed by atoms with Crippen LogP contribution in [0.1, 0.15) is 25.1 Å². The quantitative estimate of drug-likeness (QED) is 0.380. The molecule has 0 unspecified atom stereocenters. The summed E-state index contributed by atoms with van der Waals surface area (Å²) < 4.78 is 26.7. The highest BCUT2D eigenvalue weighted by molar-refractivity contribution is 7.98. The van der Waals surface area contributed by atoms with Gasteiger partial charge < -0.3 is 4.98 Å². The van der Waals surface area contributed by atoms with E-state index in [1.54, 1.807) is 4.90 Å². The molecular weight excluding hydrogens is 426 g/mol. The zero-order valence-corrected chi connectivity index (χ0v) is 17.9. The van der Waals surface area contributed by atoms with E-state index in [4.69, 9.17) is 0 Å². The van der Waals surface area contributed by atoms with Crippen LogP contribution in [0.25, 0.3) is 11.0 Å². The Balaban J connectivity index is 1.54. The van der Waals surface area contributed by atoms with Gasteiger partial charge in [0.15, 0.2) is 21.9 Å². The summed E-state index contributed by atoms with van der Waals surface area (Å²) in [6, 6.07) is 9.95. The van der Waals surface area contributed by atoms with Gasteiger partial charge in [-0.05, 0) is 18.1 Å². The van der Waals surface area contributed by atoms with Gasteiger partial charge in [-0.1, -0.05) is 36.9 Å². The lowest BCUT2D eigenvalue weighted by molar-refractivity contribution is -0.115. The minimum atomic E-state index is -0.925. The molecule has 0 spiro atoms. The van der Waals surface area contributed by atoms with Crippen molar-refractivity contribution in [3.8, 4) is 0 Å². The molecule has 0 radical (unpaired) electrons. The molecule has 0 saturated heterocycles. The zero-order chi connectivity index (χ0) is 21.3. The zero-order valence-electron chi connectivity index (χ0n) is 16.3. The maximum Gasteiger partial charge on any atom is 0.230 e. The van der Waals surface area contributed by atoms with Crippen LogP contribution in [0.4, 0.5) is 19.6 Å². The van der Waals surface area contributed by atoms with Gasteiger partial charge in [0.2, 0.25) is 5.91 Å². The molecule has 0 bridgehead atoms. The summed E-state index contributed by atoms with van der Waals surface area (Å²) in [5.74, 6) is -1.44. The molecule has 9 heteroatoms. The maximum absolute atomic E-state index is 13.4. The van der Waals surface area contributed by atoms with Crippen molar-refractivity contribution in [2.24, 2.45) is 0 Å². The van der Waals surface area contributed by atoms with E-state index in [-0.39, 0.29) is 5.91 Å². The molecule has 1 amide bonds. The largest absolute Gasteiger partial charge is 0.333 e. The molecular formula is C21H18F2N4OS2. The molecule has 2 aromatic carbocycles. The van der Waals surface area contributed by atoms with Gasteiger partial charge in [-0.25, -0.2) is 18.7 Å². The first-order valence-electron chi connectivity index (χ1n) is 9.26. The van der Waals surface area contributed by atoms with Crippen molar-refractivity contribution in [3.05, 3.63) is 64.7 Å². The van der Waals surface area contributed by atoms with Crippen LogP contribution in [0, 0.1) is 11.6 Å². The smallest absolute Gasteiger partial charge is 0.230 e. The van der Waals surface area contributed by atoms with Crippen LogP contribution in [-0.4, -0.2) is 20.9 Å². The number of anilines is 2. The van der Waals surface area contributed by atoms with Crippen molar-refractivity contribution in [1.82, 2.24) is 15.0 Å². The number of aromatic amines is 1. The number of aromatic nitrogens is 3. The van der Waals surface area contributed by atoms with Crippen LogP contribution in [0.15, 0.2) is 46.9 Å². The topological polar surface area (TPSA) is 61.9 Å². The van der Waals surface area contributed by atoms with Gasteiger partial charge in [0.25, 0.3) is 0 Å². The maximum atomic E-state index is 13.4. The molecule has 2 heterocycles. The molecule has 0 fully saturated rings. The highest BCUT2D eigenvalue weighted by Crippen LogP contribution is 2.33. The van der Waals surface area contributed by atoms with Crippen LogP contribution in [-0.2, 0) is 17.0 Å². The van der Waals surface area contributed by atoms with Gasteiger partial charge in [-0.3, -0.25) is 9.69 Å². The lowest BCUT2D eigenvalue weighted by atomic mass is 10.1. The summed E-state index contributed by atoms with van der Waals surface area (Å²) in [6.45, 7) is 3.57. The molecule has 0 aliphatic rings. The third kappa shape index (κ3) is 4.08. The monoisotopic (exact) mass is 444 g/mol. The van der Waals surface area contributed by atoms with E-state index in [0.717, 1.165) is 35.5 Å². The number of amides is 1. The number of thioether (sulfide) groups is 1. The molecule has 0 aliphatic heterocycles. The lowest BCUT2D eigenvalue weighted by Gasteiger charge is -2.20. The van der Waals surface area contributed by atoms with Gasteiger partial charge >= 0.3 is 0 Å². The van der Waals surface area contributed by atoms with Crippen molar-refractivity contribution in [2.75, 3.05) is 4.90 Å². The van der Waals surface area contributed by atoms with Crippen LogP contribution in [0.2, 0.25) is 0 Å². The Kier molecular flexibility index (Phi) is 5.83. The number of hydrogen-bond donors (Lipinski definition) is 1. The average molecular weight is 445 g/mol. The van der Waals surface area contributed by atoms with E-state index in [0.29, 0.717) is 27.1 Å². The molecule has 1 N–H and O–H groups in total. The Morgan fingerprint density at radius 3 is 2.73 bits per heavy atom. The van der Waals surface area contributed by atoms with Gasteiger partial charge in [0, 0.05) is 30.2 Å². The minimum absolute atomic E-state index is 0.106. The fourth-order valence-corrected chi connectivity index (χ4v) is 4.86. The van der Waals surface area contributed by atoms with Gasteiger partial charge in [-0.2, -0.15) is 0 Å². The molecule has 30 heavy (non-hydrogen) atoms.